The summed E-state index contributed by atoms with van der Waals surface area (Å²) in [5.41, 5.74) is 0. The molecule has 1 rings (SSSR count). The quantitative estimate of drug-likeness (QED) is 0.424. The minimum atomic E-state index is -1.07. The molecule has 0 bridgehead atoms. The van der Waals surface area contributed by atoms with Gasteiger partial charge in [-0.1, -0.05) is 0 Å². The van der Waals surface area contributed by atoms with Crippen LogP contribution in [0.1, 0.15) is 13.8 Å². The van der Waals surface area contributed by atoms with Crippen LogP contribution in [0.4, 0.5) is 0 Å². The first-order valence-corrected chi connectivity index (χ1v) is 5.28. The van der Waals surface area contributed by atoms with E-state index in [1.807, 2.05) is 13.8 Å². The highest BCUT2D eigenvalue weighted by molar-refractivity contribution is 4.68. The maximum absolute atomic E-state index is 5.42. The van der Waals surface area contributed by atoms with Crippen LogP contribution < -0.4 is 0 Å². The number of ether oxygens (including phenoxy) is 5. The Morgan fingerprint density at radius 1 is 1.27 bits per heavy atom. The average Bonchev–Trinajstić information content (AvgIpc) is 3.02. The second-order valence-corrected chi connectivity index (χ2v) is 3.22. The van der Waals surface area contributed by atoms with E-state index in [1.165, 1.54) is 0 Å². The maximum atomic E-state index is 5.42. The van der Waals surface area contributed by atoms with Gasteiger partial charge in [0.2, 0.25) is 0 Å². The summed E-state index contributed by atoms with van der Waals surface area (Å²) < 4.78 is 26.5. The van der Waals surface area contributed by atoms with Crippen molar-refractivity contribution in [2.75, 3.05) is 40.1 Å². The Morgan fingerprint density at radius 3 is 2.27 bits per heavy atom. The second-order valence-electron chi connectivity index (χ2n) is 3.22. The van der Waals surface area contributed by atoms with Crippen molar-refractivity contribution in [2.24, 2.45) is 0 Å². The molecule has 1 unspecified atom stereocenters. The Bertz CT molecular complexity index is 163. The van der Waals surface area contributed by atoms with Crippen molar-refractivity contribution in [3.05, 3.63) is 0 Å². The third kappa shape index (κ3) is 4.44. The van der Waals surface area contributed by atoms with E-state index >= 15 is 0 Å². The molecule has 1 saturated heterocycles. The number of rotatable bonds is 9. The van der Waals surface area contributed by atoms with Gasteiger partial charge in [0.1, 0.15) is 12.7 Å². The van der Waals surface area contributed by atoms with Crippen LogP contribution in [-0.2, 0) is 23.7 Å². The summed E-state index contributed by atoms with van der Waals surface area (Å²) in [6.07, 6.45) is 0.239. The Morgan fingerprint density at radius 2 is 1.87 bits per heavy atom. The fourth-order valence-corrected chi connectivity index (χ4v) is 1.22. The van der Waals surface area contributed by atoms with Gasteiger partial charge in [0, 0.05) is 20.3 Å². The van der Waals surface area contributed by atoms with Gasteiger partial charge in [-0.3, -0.25) is 0 Å². The Labute approximate surface area is 90.6 Å². The monoisotopic (exact) mass is 220 g/mol. The van der Waals surface area contributed by atoms with E-state index in [0.29, 0.717) is 19.8 Å². The summed E-state index contributed by atoms with van der Waals surface area (Å²) in [6, 6.07) is 0. The van der Waals surface area contributed by atoms with Crippen molar-refractivity contribution in [2.45, 2.75) is 25.9 Å². The molecule has 1 atom stereocenters. The predicted octanol–water partition coefficient (Wildman–Crippen LogP) is 0.775. The smallest absolute Gasteiger partial charge is 0.307 e. The lowest BCUT2D eigenvalue weighted by molar-refractivity contribution is -0.384. The van der Waals surface area contributed by atoms with Gasteiger partial charge in [-0.2, -0.15) is 0 Å². The molecule has 1 heterocycles. The average molecular weight is 220 g/mol. The van der Waals surface area contributed by atoms with E-state index in [1.54, 1.807) is 7.11 Å². The molecule has 0 radical (unpaired) electrons. The van der Waals surface area contributed by atoms with Crippen molar-refractivity contribution in [1.29, 1.82) is 0 Å². The standard InChI is InChI=1S/C10H20O5/c1-4-14-10(11-3,15-5-2)8-12-6-9-7-13-9/h9H,4-8H2,1-3H3. The first kappa shape index (κ1) is 12.9. The highest BCUT2D eigenvalue weighted by Gasteiger charge is 2.33. The SMILES string of the molecule is CCOC(COCC1CO1)(OC)OCC. The molecule has 1 fully saturated rings. The molecule has 1 aliphatic heterocycles. The summed E-state index contributed by atoms with van der Waals surface area (Å²) >= 11 is 0. The fourth-order valence-electron chi connectivity index (χ4n) is 1.22. The molecular weight excluding hydrogens is 200 g/mol. The van der Waals surface area contributed by atoms with E-state index in [0.717, 1.165) is 6.61 Å². The van der Waals surface area contributed by atoms with Gasteiger partial charge in [-0.15, -0.1) is 0 Å². The van der Waals surface area contributed by atoms with Gasteiger partial charge >= 0.3 is 5.97 Å². The van der Waals surface area contributed by atoms with Gasteiger partial charge < -0.3 is 23.7 Å². The molecule has 0 N–H and O–H groups in total. The molecule has 0 saturated carbocycles. The third-order valence-corrected chi connectivity index (χ3v) is 2.02. The molecule has 5 nitrogen and oxygen atoms in total. The van der Waals surface area contributed by atoms with Crippen LogP contribution in [0.2, 0.25) is 0 Å². The van der Waals surface area contributed by atoms with Crippen LogP contribution in [0.15, 0.2) is 0 Å². The van der Waals surface area contributed by atoms with Crippen molar-refractivity contribution < 1.29 is 23.7 Å². The first-order chi connectivity index (χ1) is 7.26. The lowest BCUT2D eigenvalue weighted by Gasteiger charge is -2.30. The highest BCUT2D eigenvalue weighted by Crippen LogP contribution is 2.17. The molecule has 0 aromatic rings. The molecule has 15 heavy (non-hydrogen) atoms. The van der Waals surface area contributed by atoms with Crippen LogP contribution >= 0.6 is 0 Å². The summed E-state index contributed by atoms with van der Waals surface area (Å²) in [6.45, 7) is 6.39. The minimum Gasteiger partial charge on any atom is -0.371 e. The van der Waals surface area contributed by atoms with Crippen molar-refractivity contribution >= 4 is 0 Å². The molecule has 0 aromatic heterocycles. The molecule has 0 aliphatic carbocycles. The Hall–Kier alpha value is -0.200. The van der Waals surface area contributed by atoms with E-state index in [4.69, 9.17) is 23.7 Å². The van der Waals surface area contributed by atoms with Crippen LogP contribution in [0.3, 0.4) is 0 Å². The summed E-state index contributed by atoms with van der Waals surface area (Å²) in [5, 5.41) is 0. The van der Waals surface area contributed by atoms with Gasteiger partial charge in [0.05, 0.1) is 13.2 Å². The lowest BCUT2D eigenvalue weighted by Crippen LogP contribution is -2.43. The van der Waals surface area contributed by atoms with E-state index in [2.05, 4.69) is 0 Å². The van der Waals surface area contributed by atoms with Gasteiger partial charge in [-0.25, -0.2) is 0 Å². The van der Waals surface area contributed by atoms with Crippen LogP contribution in [-0.4, -0.2) is 52.2 Å². The molecule has 5 heteroatoms. The molecule has 1 aliphatic rings. The third-order valence-electron chi connectivity index (χ3n) is 2.02. The van der Waals surface area contributed by atoms with E-state index in [-0.39, 0.29) is 12.7 Å². The van der Waals surface area contributed by atoms with Crippen LogP contribution in [0, 0.1) is 0 Å². The van der Waals surface area contributed by atoms with Crippen molar-refractivity contribution in [1.82, 2.24) is 0 Å². The van der Waals surface area contributed by atoms with E-state index < -0.39 is 5.97 Å². The zero-order valence-electron chi connectivity index (χ0n) is 9.65. The second kappa shape index (κ2) is 6.40. The lowest BCUT2D eigenvalue weighted by atomic mass is 10.5. The van der Waals surface area contributed by atoms with E-state index in [9.17, 15) is 0 Å². The first-order valence-electron chi connectivity index (χ1n) is 5.28. The largest absolute Gasteiger partial charge is 0.371 e. The maximum Gasteiger partial charge on any atom is 0.307 e. The zero-order chi connectivity index (χ0) is 11.1. The number of hydrogen-bond acceptors (Lipinski definition) is 5. The minimum absolute atomic E-state index is 0.239. The Kier molecular flexibility index (Phi) is 5.49. The summed E-state index contributed by atoms with van der Waals surface area (Å²) in [4.78, 5) is 0. The highest BCUT2D eigenvalue weighted by atomic mass is 16.9. The van der Waals surface area contributed by atoms with Crippen molar-refractivity contribution in [3.63, 3.8) is 0 Å². The molecule has 0 aromatic carbocycles. The fraction of sp³-hybridized carbons (Fsp3) is 1.00. The topological polar surface area (TPSA) is 49.5 Å². The Balaban J connectivity index is 2.29. The van der Waals surface area contributed by atoms with Gasteiger partial charge in [0.25, 0.3) is 0 Å². The van der Waals surface area contributed by atoms with Crippen LogP contribution in [0.5, 0.6) is 0 Å². The van der Waals surface area contributed by atoms with Crippen LogP contribution in [0.25, 0.3) is 0 Å². The molecule has 0 spiro atoms. The molecule has 90 valence electrons. The molecule has 0 amide bonds. The number of methoxy groups -OCH3 is 1. The zero-order valence-corrected chi connectivity index (χ0v) is 9.65. The van der Waals surface area contributed by atoms with Crippen molar-refractivity contribution in [3.8, 4) is 0 Å². The summed E-state index contributed by atoms with van der Waals surface area (Å²) in [7, 11) is 1.54. The molecular formula is C10H20O5. The van der Waals surface area contributed by atoms with Gasteiger partial charge in [-0.05, 0) is 13.8 Å². The normalized spacial score (nSPS) is 20.6. The number of hydrogen-bond donors (Lipinski definition) is 0. The number of epoxide rings is 1. The summed E-state index contributed by atoms with van der Waals surface area (Å²) in [5.74, 6) is -1.07. The van der Waals surface area contributed by atoms with Gasteiger partial charge in [0.15, 0.2) is 0 Å². The predicted molar refractivity (Wildman–Crippen MR) is 53.6 cm³/mol.